The Balaban J connectivity index is 2.89. The molecule has 4 nitrogen and oxygen atoms in total. The first kappa shape index (κ1) is 11.5. The molecule has 90 valence electrons. The number of H-pyrrole nitrogens is 1. The molecule has 1 heterocycles. The van der Waals surface area contributed by atoms with E-state index < -0.39 is 5.97 Å². The second-order valence-electron chi connectivity index (χ2n) is 4.19. The third kappa shape index (κ3) is 1.56. The van der Waals surface area contributed by atoms with E-state index in [1.165, 1.54) is 0 Å². The highest BCUT2D eigenvalue weighted by Crippen LogP contribution is 2.34. The highest BCUT2D eigenvalue weighted by Gasteiger charge is 2.16. The van der Waals surface area contributed by atoms with E-state index in [4.69, 9.17) is 9.84 Å². The Morgan fingerprint density at radius 2 is 1.88 bits per heavy atom. The van der Waals surface area contributed by atoms with E-state index >= 15 is 0 Å². The Morgan fingerprint density at radius 3 is 2.41 bits per heavy atom. The summed E-state index contributed by atoms with van der Waals surface area (Å²) >= 11 is 0. The normalized spacial score (nSPS) is 10.8. The first-order chi connectivity index (χ1) is 7.97. The van der Waals surface area contributed by atoms with Crippen LogP contribution in [0.4, 0.5) is 0 Å². The van der Waals surface area contributed by atoms with Crippen LogP contribution in [0, 0.1) is 20.8 Å². The van der Waals surface area contributed by atoms with Crippen molar-refractivity contribution in [2.24, 2.45) is 0 Å². The average Bonchev–Trinajstić information content (AvgIpc) is 2.72. The maximum atomic E-state index is 11.0. The summed E-state index contributed by atoms with van der Waals surface area (Å²) in [7, 11) is 1.63. The van der Waals surface area contributed by atoms with Crippen molar-refractivity contribution >= 4 is 16.9 Å². The SMILES string of the molecule is COc1c(C)c(C)c2[nH]c(C(=O)O)cc2c1C. The maximum Gasteiger partial charge on any atom is 0.352 e. The lowest BCUT2D eigenvalue weighted by atomic mass is 10.0. The predicted octanol–water partition coefficient (Wildman–Crippen LogP) is 2.80. The Bertz CT molecular complexity index is 611. The molecule has 0 fully saturated rings. The van der Waals surface area contributed by atoms with E-state index in [-0.39, 0.29) is 5.69 Å². The molecular weight excluding hydrogens is 218 g/mol. The molecule has 0 aliphatic rings. The number of rotatable bonds is 2. The minimum absolute atomic E-state index is 0.207. The number of methoxy groups -OCH3 is 1. The largest absolute Gasteiger partial charge is 0.496 e. The fourth-order valence-corrected chi connectivity index (χ4v) is 2.23. The van der Waals surface area contributed by atoms with Crippen molar-refractivity contribution < 1.29 is 14.6 Å². The Kier molecular flexibility index (Phi) is 2.58. The third-order valence-electron chi connectivity index (χ3n) is 3.27. The van der Waals surface area contributed by atoms with Gasteiger partial charge < -0.3 is 14.8 Å². The summed E-state index contributed by atoms with van der Waals surface area (Å²) in [6.45, 7) is 5.87. The molecule has 4 heteroatoms. The van der Waals surface area contributed by atoms with Crippen LogP contribution in [0.5, 0.6) is 5.75 Å². The third-order valence-corrected chi connectivity index (χ3v) is 3.27. The van der Waals surface area contributed by atoms with E-state index in [9.17, 15) is 4.79 Å². The predicted molar refractivity (Wildman–Crippen MR) is 66.0 cm³/mol. The van der Waals surface area contributed by atoms with Crippen LogP contribution in [0.3, 0.4) is 0 Å². The van der Waals surface area contributed by atoms with Crippen molar-refractivity contribution in [2.75, 3.05) is 7.11 Å². The van der Waals surface area contributed by atoms with Crippen molar-refractivity contribution in [3.8, 4) is 5.75 Å². The Labute approximate surface area is 99.2 Å². The van der Waals surface area contributed by atoms with Crippen molar-refractivity contribution in [2.45, 2.75) is 20.8 Å². The van der Waals surface area contributed by atoms with E-state index in [1.807, 2.05) is 20.8 Å². The minimum atomic E-state index is -0.948. The van der Waals surface area contributed by atoms with Gasteiger partial charge in [0.15, 0.2) is 0 Å². The average molecular weight is 233 g/mol. The van der Waals surface area contributed by atoms with Gasteiger partial charge in [-0.1, -0.05) is 0 Å². The van der Waals surface area contributed by atoms with Gasteiger partial charge in [0.25, 0.3) is 0 Å². The number of carbonyl (C=O) groups is 1. The lowest BCUT2D eigenvalue weighted by molar-refractivity contribution is 0.0691. The van der Waals surface area contributed by atoms with Crippen LogP contribution >= 0.6 is 0 Å². The lowest BCUT2D eigenvalue weighted by Gasteiger charge is -2.12. The summed E-state index contributed by atoms with van der Waals surface area (Å²) in [6, 6.07) is 1.65. The highest BCUT2D eigenvalue weighted by atomic mass is 16.5. The monoisotopic (exact) mass is 233 g/mol. The lowest BCUT2D eigenvalue weighted by Crippen LogP contribution is -1.96. The Morgan fingerprint density at radius 1 is 1.24 bits per heavy atom. The van der Waals surface area contributed by atoms with Crippen molar-refractivity contribution in [3.05, 3.63) is 28.5 Å². The number of aromatic nitrogens is 1. The fourth-order valence-electron chi connectivity index (χ4n) is 2.23. The zero-order valence-electron chi connectivity index (χ0n) is 10.3. The molecule has 1 aromatic carbocycles. The molecule has 0 amide bonds. The molecule has 1 aromatic heterocycles. The van der Waals surface area contributed by atoms with Gasteiger partial charge in [0.05, 0.1) is 7.11 Å². The van der Waals surface area contributed by atoms with Gasteiger partial charge in [-0.25, -0.2) is 4.79 Å². The summed E-state index contributed by atoms with van der Waals surface area (Å²) in [5.74, 6) is -0.123. The Hall–Kier alpha value is -1.97. The highest BCUT2D eigenvalue weighted by molar-refractivity contribution is 5.97. The molecule has 0 saturated carbocycles. The van der Waals surface area contributed by atoms with Gasteiger partial charge in [0.2, 0.25) is 0 Å². The zero-order chi connectivity index (χ0) is 12.7. The number of fused-ring (bicyclic) bond motifs is 1. The van der Waals surface area contributed by atoms with E-state index in [0.717, 1.165) is 33.3 Å². The van der Waals surface area contributed by atoms with Gasteiger partial charge in [-0.05, 0) is 38.0 Å². The van der Waals surface area contributed by atoms with E-state index in [0.29, 0.717) is 0 Å². The number of nitrogens with one attached hydrogen (secondary N) is 1. The molecule has 0 spiro atoms. The van der Waals surface area contributed by atoms with Crippen LogP contribution in [-0.2, 0) is 0 Å². The number of benzene rings is 1. The molecule has 0 radical (unpaired) electrons. The molecule has 0 aliphatic carbocycles. The molecule has 0 bridgehead atoms. The van der Waals surface area contributed by atoms with Crippen LogP contribution < -0.4 is 4.74 Å². The van der Waals surface area contributed by atoms with Crippen LogP contribution in [0.2, 0.25) is 0 Å². The van der Waals surface area contributed by atoms with Crippen molar-refractivity contribution in [1.29, 1.82) is 0 Å². The van der Waals surface area contributed by atoms with E-state index in [1.54, 1.807) is 13.2 Å². The van der Waals surface area contributed by atoms with Gasteiger partial charge in [0, 0.05) is 16.5 Å². The zero-order valence-corrected chi connectivity index (χ0v) is 10.3. The molecule has 0 aliphatic heterocycles. The smallest absolute Gasteiger partial charge is 0.352 e. The number of ether oxygens (including phenoxy) is 1. The topological polar surface area (TPSA) is 62.3 Å². The molecule has 0 atom stereocenters. The van der Waals surface area contributed by atoms with Gasteiger partial charge in [-0.2, -0.15) is 0 Å². The minimum Gasteiger partial charge on any atom is -0.496 e. The first-order valence-electron chi connectivity index (χ1n) is 5.37. The molecule has 0 saturated heterocycles. The van der Waals surface area contributed by atoms with E-state index in [2.05, 4.69) is 4.98 Å². The summed E-state index contributed by atoms with van der Waals surface area (Å²) in [4.78, 5) is 13.9. The van der Waals surface area contributed by atoms with Gasteiger partial charge in [0.1, 0.15) is 11.4 Å². The molecule has 0 unspecified atom stereocenters. The number of hydrogen-bond acceptors (Lipinski definition) is 2. The van der Waals surface area contributed by atoms with Crippen molar-refractivity contribution in [1.82, 2.24) is 4.98 Å². The number of hydrogen-bond donors (Lipinski definition) is 2. The number of aromatic carboxylic acids is 1. The molecular formula is C13H15NO3. The summed E-state index contributed by atoms with van der Waals surface area (Å²) in [5, 5.41) is 9.91. The second kappa shape index (κ2) is 3.80. The summed E-state index contributed by atoms with van der Waals surface area (Å²) < 4.78 is 5.37. The maximum absolute atomic E-state index is 11.0. The molecule has 2 aromatic rings. The number of aromatic amines is 1. The number of aryl methyl sites for hydroxylation is 2. The van der Waals surface area contributed by atoms with Gasteiger partial charge in [-0.15, -0.1) is 0 Å². The fraction of sp³-hybridized carbons (Fsp3) is 0.308. The molecule has 2 N–H and O–H groups in total. The first-order valence-corrected chi connectivity index (χ1v) is 5.37. The second-order valence-corrected chi connectivity index (χ2v) is 4.19. The molecule has 17 heavy (non-hydrogen) atoms. The quantitative estimate of drug-likeness (QED) is 0.838. The number of carboxylic acids is 1. The van der Waals surface area contributed by atoms with Gasteiger partial charge in [-0.3, -0.25) is 0 Å². The van der Waals surface area contributed by atoms with Gasteiger partial charge >= 0.3 is 5.97 Å². The van der Waals surface area contributed by atoms with Crippen LogP contribution in [0.15, 0.2) is 6.07 Å². The van der Waals surface area contributed by atoms with Crippen LogP contribution in [0.25, 0.3) is 10.9 Å². The van der Waals surface area contributed by atoms with Crippen molar-refractivity contribution in [3.63, 3.8) is 0 Å². The standard InChI is InChI=1S/C13H15NO3/c1-6-7(2)12(17-4)8(3)9-5-10(13(15)16)14-11(6)9/h5,14H,1-4H3,(H,15,16). The number of carboxylic acid groups (broad SMARTS) is 1. The molecule has 2 rings (SSSR count). The van der Waals surface area contributed by atoms with Crippen LogP contribution in [0.1, 0.15) is 27.2 Å². The van der Waals surface area contributed by atoms with Crippen LogP contribution in [-0.4, -0.2) is 23.2 Å². The summed E-state index contributed by atoms with van der Waals surface area (Å²) in [5.41, 5.74) is 4.11. The summed E-state index contributed by atoms with van der Waals surface area (Å²) in [6.07, 6.45) is 0.